The quantitative estimate of drug-likeness (QED) is 0.0230. The minimum Gasteiger partial charge on any atom is -0.480 e. The fraction of sp³-hybridized carbons (Fsp3) is 0.190. The third kappa shape index (κ3) is 13.8. The van der Waals surface area contributed by atoms with Crippen molar-refractivity contribution in [2.24, 2.45) is 0 Å². The zero-order valence-corrected chi connectivity index (χ0v) is 37.7. The van der Waals surface area contributed by atoms with Crippen LogP contribution in [-0.4, -0.2) is 132 Å². The zero-order chi connectivity index (χ0) is 48.8. The maximum atomic E-state index is 12.8. The van der Waals surface area contributed by atoms with E-state index >= 15 is 0 Å². The molecule has 0 bridgehead atoms. The van der Waals surface area contributed by atoms with Crippen LogP contribution >= 0.6 is 0 Å². The largest absolute Gasteiger partial charge is 0.480 e. The molecule has 6 aromatic rings. The van der Waals surface area contributed by atoms with Crippen LogP contribution in [0.4, 0.5) is 58.4 Å². The second-order valence-electron chi connectivity index (χ2n) is 14.1. The summed E-state index contributed by atoms with van der Waals surface area (Å²) in [7, 11) is -6.93. The maximum absolute atomic E-state index is 12.8. The van der Waals surface area contributed by atoms with Crippen molar-refractivity contribution in [2.75, 3.05) is 84.7 Å². The molecular formula is C42H44N12O12S2. The minimum absolute atomic E-state index is 0.0227. The molecule has 356 valence electrons. The summed E-state index contributed by atoms with van der Waals surface area (Å²) in [4.78, 5) is 51.5. The Balaban J connectivity index is 1.32. The standard InChI is InChI=1S/C42H44N12O12S2/c1-65-21-19-43-37-47-39(51-41(49-37)53(25-35(55)56)31-9-5-3-6-10-31)45-29-17-15-27(33(23-29)67(59,60)61)13-14-28-16-18-30(24-34(28)68(62,63)64)46-40-48-38(44-20-22-66-2)50-42(52-40)54(26-36(57)58)32-11-7-4-8-12-32/h3-18,23-24H,19-22,25-26H2,1-2H3,(H,55,56)(H,57,58)(H,59,60,61)(H,62,63,64)(H2,43,45,47,49,51)(H2,44,46,48,50,52)/b14-13+. The number of hydrogen-bond donors (Lipinski definition) is 8. The number of benzene rings is 4. The summed E-state index contributed by atoms with van der Waals surface area (Å²) >= 11 is 0. The lowest BCUT2D eigenvalue weighted by molar-refractivity contribution is -0.136. The number of carbonyl (C=O) groups is 2. The van der Waals surface area contributed by atoms with E-state index in [9.17, 15) is 45.7 Å². The molecule has 0 atom stereocenters. The van der Waals surface area contributed by atoms with Crippen molar-refractivity contribution < 1.29 is 55.2 Å². The monoisotopic (exact) mass is 972 g/mol. The summed E-state index contributed by atoms with van der Waals surface area (Å²) in [5.41, 5.74) is 0.804. The Morgan fingerprint density at radius 2 is 0.926 bits per heavy atom. The van der Waals surface area contributed by atoms with Crippen molar-refractivity contribution in [3.05, 3.63) is 108 Å². The van der Waals surface area contributed by atoms with E-state index in [4.69, 9.17) is 9.47 Å². The zero-order valence-electron chi connectivity index (χ0n) is 36.1. The molecule has 0 spiro atoms. The third-order valence-electron chi connectivity index (χ3n) is 9.17. The van der Waals surface area contributed by atoms with E-state index in [0.717, 1.165) is 12.1 Å². The first-order valence-corrected chi connectivity index (χ1v) is 22.9. The van der Waals surface area contributed by atoms with Crippen LogP contribution in [0, 0.1) is 0 Å². The molecule has 2 heterocycles. The first-order valence-electron chi connectivity index (χ1n) is 20.0. The van der Waals surface area contributed by atoms with Crippen LogP contribution < -0.4 is 31.1 Å². The summed E-state index contributed by atoms with van der Waals surface area (Å²) in [6.45, 7) is -0.0130. The number of nitrogens with zero attached hydrogens (tertiary/aromatic N) is 8. The number of para-hydroxylation sites is 2. The second-order valence-corrected chi connectivity index (χ2v) is 16.9. The number of carboxylic acid groups (broad SMARTS) is 2. The average Bonchev–Trinajstić information content (AvgIpc) is 3.29. The van der Waals surface area contributed by atoms with Gasteiger partial charge in [0.05, 0.1) is 13.2 Å². The van der Waals surface area contributed by atoms with E-state index < -0.39 is 55.1 Å². The molecule has 0 radical (unpaired) electrons. The van der Waals surface area contributed by atoms with Gasteiger partial charge >= 0.3 is 11.9 Å². The highest BCUT2D eigenvalue weighted by Crippen LogP contribution is 2.30. The van der Waals surface area contributed by atoms with E-state index in [1.54, 1.807) is 60.7 Å². The Hall–Kier alpha value is -7.88. The number of aromatic nitrogens is 6. The molecule has 2 aromatic heterocycles. The molecule has 0 fully saturated rings. The van der Waals surface area contributed by atoms with E-state index in [-0.39, 0.29) is 84.5 Å². The predicted octanol–water partition coefficient (Wildman–Crippen LogP) is 4.77. The predicted molar refractivity (Wildman–Crippen MR) is 251 cm³/mol. The van der Waals surface area contributed by atoms with Gasteiger partial charge < -0.3 is 41.0 Å². The van der Waals surface area contributed by atoms with Crippen LogP contribution in [0.1, 0.15) is 11.1 Å². The summed E-state index contributed by atoms with van der Waals surface area (Å²) in [5, 5.41) is 31.1. The topological polar surface area (TPSA) is 334 Å². The number of hydrogen-bond acceptors (Lipinski definition) is 20. The number of anilines is 10. The van der Waals surface area contributed by atoms with Crippen LogP contribution in [0.3, 0.4) is 0 Å². The van der Waals surface area contributed by atoms with E-state index in [0.29, 0.717) is 11.4 Å². The number of rotatable bonds is 24. The Labute approximate surface area is 389 Å². The molecule has 24 nitrogen and oxygen atoms in total. The smallest absolute Gasteiger partial charge is 0.323 e. The maximum Gasteiger partial charge on any atom is 0.323 e. The van der Waals surface area contributed by atoms with Gasteiger partial charge in [0.1, 0.15) is 22.9 Å². The molecule has 0 aliphatic rings. The molecule has 0 saturated carbocycles. The minimum atomic E-state index is -4.96. The lowest BCUT2D eigenvalue weighted by Crippen LogP contribution is -2.27. The molecule has 26 heteroatoms. The Morgan fingerprint density at radius 3 is 1.26 bits per heavy atom. The summed E-state index contributed by atoms with van der Waals surface area (Å²) in [6.07, 6.45) is 2.40. The average molecular weight is 973 g/mol. The second kappa shape index (κ2) is 22.5. The molecule has 8 N–H and O–H groups in total. The van der Waals surface area contributed by atoms with Gasteiger partial charge in [-0.25, -0.2) is 0 Å². The third-order valence-corrected chi connectivity index (χ3v) is 11.0. The van der Waals surface area contributed by atoms with Gasteiger partial charge in [0.2, 0.25) is 35.7 Å². The van der Waals surface area contributed by atoms with Gasteiger partial charge in [0, 0.05) is 50.1 Å². The van der Waals surface area contributed by atoms with Gasteiger partial charge in [-0.3, -0.25) is 28.5 Å². The molecule has 0 aliphatic heterocycles. The van der Waals surface area contributed by atoms with Crippen molar-refractivity contribution in [3.63, 3.8) is 0 Å². The van der Waals surface area contributed by atoms with Gasteiger partial charge in [0.15, 0.2) is 0 Å². The van der Waals surface area contributed by atoms with Crippen molar-refractivity contribution in [1.29, 1.82) is 0 Å². The van der Waals surface area contributed by atoms with E-state index in [1.807, 2.05) is 0 Å². The van der Waals surface area contributed by atoms with Crippen LogP contribution in [0.2, 0.25) is 0 Å². The summed E-state index contributed by atoms with van der Waals surface area (Å²) in [6, 6.07) is 24.5. The molecule has 68 heavy (non-hydrogen) atoms. The van der Waals surface area contributed by atoms with Crippen molar-refractivity contribution >= 4 is 103 Å². The molecule has 4 aromatic carbocycles. The highest BCUT2D eigenvalue weighted by Gasteiger charge is 2.23. The van der Waals surface area contributed by atoms with Gasteiger partial charge in [0.25, 0.3) is 20.2 Å². The van der Waals surface area contributed by atoms with E-state index in [2.05, 4.69) is 51.2 Å². The van der Waals surface area contributed by atoms with E-state index in [1.165, 1.54) is 60.4 Å². The van der Waals surface area contributed by atoms with Crippen LogP contribution in [-0.2, 0) is 39.3 Å². The van der Waals surface area contributed by atoms with Crippen LogP contribution in [0.15, 0.2) is 107 Å². The number of methoxy groups -OCH3 is 2. The molecule has 0 aliphatic carbocycles. The SMILES string of the molecule is COCCNc1nc(Nc2ccc(/C=C/c3ccc(Nc4nc(NCCOC)nc(N(CC(=O)O)c5ccccc5)n4)cc3S(=O)(=O)O)c(S(=O)(=O)O)c2)nc(N(CC(=O)O)c2ccccc2)n1. The first-order chi connectivity index (χ1) is 32.5. The van der Waals surface area contributed by atoms with Crippen LogP contribution in [0.5, 0.6) is 0 Å². The lowest BCUT2D eigenvalue weighted by Gasteiger charge is -2.22. The van der Waals surface area contributed by atoms with Crippen LogP contribution in [0.25, 0.3) is 12.2 Å². The number of aliphatic carboxylic acids is 2. The lowest BCUT2D eigenvalue weighted by atomic mass is 10.1. The Bertz CT molecular complexity index is 2790. The Morgan fingerprint density at radius 1 is 0.559 bits per heavy atom. The Kier molecular flexibility index (Phi) is 16.4. The highest BCUT2D eigenvalue weighted by molar-refractivity contribution is 7.86. The van der Waals surface area contributed by atoms with Crippen molar-refractivity contribution in [2.45, 2.75) is 9.79 Å². The molecule has 0 amide bonds. The number of nitrogens with one attached hydrogen (secondary N) is 4. The van der Waals surface area contributed by atoms with Gasteiger partial charge in [-0.15, -0.1) is 0 Å². The first kappa shape index (κ1) is 49.6. The summed E-state index contributed by atoms with van der Waals surface area (Å²) in [5.74, 6) is -2.76. The fourth-order valence-electron chi connectivity index (χ4n) is 6.20. The highest BCUT2D eigenvalue weighted by atomic mass is 32.2. The normalized spacial score (nSPS) is 11.5. The van der Waals surface area contributed by atoms with Gasteiger partial charge in [-0.2, -0.15) is 46.7 Å². The molecule has 6 rings (SSSR count). The van der Waals surface area contributed by atoms with Gasteiger partial charge in [-0.1, -0.05) is 60.7 Å². The summed E-state index contributed by atoms with van der Waals surface area (Å²) < 4.78 is 82.0. The number of ether oxygens (including phenoxy) is 2. The number of carboxylic acids is 2. The van der Waals surface area contributed by atoms with Gasteiger partial charge in [-0.05, 0) is 59.7 Å². The molecule has 0 saturated heterocycles. The van der Waals surface area contributed by atoms with Crippen molar-refractivity contribution in [1.82, 2.24) is 29.9 Å². The van der Waals surface area contributed by atoms with Crippen molar-refractivity contribution in [3.8, 4) is 0 Å². The molecule has 0 unspecified atom stereocenters. The fourth-order valence-corrected chi connectivity index (χ4v) is 7.62. The molecular weight excluding hydrogens is 929 g/mol.